The summed E-state index contributed by atoms with van der Waals surface area (Å²) in [6.07, 6.45) is 2.60. The molecule has 108 valence electrons. The van der Waals surface area contributed by atoms with Crippen molar-refractivity contribution in [3.05, 3.63) is 32.9 Å². The van der Waals surface area contributed by atoms with Gasteiger partial charge in [-0.1, -0.05) is 20.8 Å². The molecule has 0 saturated carbocycles. The summed E-state index contributed by atoms with van der Waals surface area (Å²) in [5.74, 6) is 0.112. The van der Waals surface area contributed by atoms with Crippen LogP contribution in [0.25, 0.3) is 0 Å². The van der Waals surface area contributed by atoms with E-state index < -0.39 is 0 Å². The van der Waals surface area contributed by atoms with E-state index in [-0.39, 0.29) is 11.3 Å². The summed E-state index contributed by atoms with van der Waals surface area (Å²) in [4.78, 5) is 11.9. The van der Waals surface area contributed by atoms with Crippen LogP contribution in [0.5, 0.6) is 0 Å². The highest BCUT2D eigenvalue weighted by molar-refractivity contribution is 14.1. The van der Waals surface area contributed by atoms with Gasteiger partial charge in [0.1, 0.15) is 0 Å². The van der Waals surface area contributed by atoms with E-state index in [9.17, 15) is 4.79 Å². The van der Waals surface area contributed by atoms with Crippen LogP contribution in [0.2, 0.25) is 0 Å². The molecule has 0 spiro atoms. The highest BCUT2D eigenvalue weighted by Gasteiger charge is 2.24. The quantitative estimate of drug-likeness (QED) is 0.601. The molecular formula is C16H21IN2O. The number of nitrogens with one attached hydrogen (secondary N) is 1. The Kier molecular flexibility index (Phi) is 6.47. The van der Waals surface area contributed by atoms with E-state index in [1.165, 1.54) is 9.13 Å². The smallest absolute Gasteiger partial charge is 0.225 e. The molecule has 1 N–H and O–H groups in total. The SMILES string of the molecule is CCC(C)(C)C(=O)NCCCc1cc(C#N)ccc1I. The first-order valence-corrected chi connectivity index (χ1v) is 7.95. The zero-order valence-corrected chi connectivity index (χ0v) is 14.5. The minimum atomic E-state index is -0.296. The van der Waals surface area contributed by atoms with Gasteiger partial charge in [-0.2, -0.15) is 5.26 Å². The lowest BCUT2D eigenvalue weighted by molar-refractivity contribution is -0.129. The third-order valence-electron chi connectivity index (χ3n) is 3.58. The van der Waals surface area contributed by atoms with E-state index in [1.807, 2.05) is 39.0 Å². The number of hydrogen-bond acceptors (Lipinski definition) is 2. The van der Waals surface area contributed by atoms with Gasteiger partial charge >= 0.3 is 0 Å². The second-order valence-corrected chi connectivity index (χ2v) is 6.68. The third kappa shape index (κ3) is 4.78. The zero-order valence-electron chi connectivity index (χ0n) is 12.3. The van der Waals surface area contributed by atoms with E-state index >= 15 is 0 Å². The van der Waals surface area contributed by atoms with Crippen LogP contribution < -0.4 is 5.32 Å². The molecular weight excluding hydrogens is 363 g/mol. The lowest BCUT2D eigenvalue weighted by Gasteiger charge is -2.21. The standard InChI is InChI=1S/C16H21IN2O/c1-4-16(2,3)15(20)19-9-5-6-13-10-12(11-18)7-8-14(13)17/h7-8,10H,4-6,9H2,1-3H3,(H,19,20). The highest BCUT2D eigenvalue weighted by atomic mass is 127. The predicted molar refractivity (Wildman–Crippen MR) is 89.3 cm³/mol. The van der Waals surface area contributed by atoms with Crippen LogP contribution in [0.4, 0.5) is 0 Å². The molecule has 0 aromatic heterocycles. The van der Waals surface area contributed by atoms with Crippen molar-refractivity contribution in [3.63, 3.8) is 0 Å². The van der Waals surface area contributed by atoms with Crippen LogP contribution in [0.15, 0.2) is 18.2 Å². The van der Waals surface area contributed by atoms with Gasteiger partial charge in [0.15, 0.2) is 0 Å². The molecule has 1 aromatic rings. The molecule has 4 heteroatoms. The van der Waals surface area contributed by atoms with Crippen molar-refractivity contribution in [1.82, 2.24) is 5.32 Å². The van der Waals surface area contributed by atoms with Gasteiger partial charge in [-0.05, 0) is 65.6 Å². The van der Waals surface area contributed by atoms with Crippen molar-refractivity contribution in [3.8, 4) is 6.07 Å². The average Bonchev–Trinajstić information content (AvgIpc) is 2.44. The van der Waals surface area contributed by atoms with Gasteiger partial charge in [0, 0.05) is 15.5 Å². The summed E-state index contributed by atoms with van der Waals surface area (Å²) < 4.78 is 1.17. The first-order valence-electron chi connectivity index (χ1n) is 6.87. The highest BCUT2D eigenvalue weighted by Crippen LogP contribution is 2.19. The van der Waals surface area contributed by atoms with Crippen molar-refractivity contribution in [1.29, 1.82) is 5.26 Å². The normalized spacial score (nSPS) is 10.9. The van der Waals surface area contributed by atoms with Gasteiger partial charge in [0.05, 0.1) is 11.6 Å². The molecule has 1 rings (SSSR count). The molecule has 0 unspecified atom stereocenters. The Bertz CT molecular complexity index is 518. The lowest BCUT2D eigenvalue weighted by Crippen LogP contribution is -2.37. The fourth-order valence-corrected chi connectivity index (χ4v) is 2.32. The van der Waals surface area contributed by atoms with E-state index in [4.69, 9.17) is 5.26 Å². The van der Waals surface area contributed by atoms with E-state index in [0.29, 0.717) is 12.1 Å². The Morgan fingerprint density at radius 2 is 2.15 bits per heavy atom. The van der Waals surface area contributed by atoms with Crippen LogP contribution in [0.3, 0.4) is 0 Å². The number of carbonyl (C=O) groups excluding carboxylic acids is 1. The average molecular weight is 384 g/mol. The van der Waals surface area contributed by atoms with Gasteiger partial charge in [-0.15, -0.1) is 0 Å². The Morgan fingerprint density at radius 3 is 2.75 bits per heavy atom. The van der Waals surface area contributed by atoms with E-state index in [2.05, 4.69) is 34.0 Å². The number of nitrogens with zero attached hydrogens (tertiary/aromatic N) is 1. The molecule has 0 radical (unpaired) electrons. The molecule has 0 bridgehead atoms. The zero-order chi connectivity index (χ0) is 15.2. The molecule has 1 amide bonds. The second kappa shape index (κ2) is 7.63. The minimum Gasteiger partial charge on any atom is -0.356 e. The number of halogens is 1. The molecule has 0 aliphatic carbocycles. The summed E-state index contributed by atoms with van der Waals surface area (Å²) in [6, 6.07) is 7.88. The first kappa shape index (κ1) is 17.0. The number of rotatable bonds is 6. The first-order chi connectivity index (χ1) is 9.40. The molecule has 0 heterocycles. The Hall–Kier alpha value is -1.09. The van der Waals surface area contributed by atoms with E-state index in [0.717, 1.165) is 19.3 Å². The number of nitriles is 1. The monoisotopic (exact) mass is 384 g/mol. The fraction of sp³-hybridized carbons (Fsp3) is 0.500. The summed E-state index contributed by atoms with van der Waals surface area (Å²) in [6.45, 7) is 6.62. The minimum absolute atomic E-state index is 0.112. The molecule has 0 saturated heterocycles. The summed E-state index contributed by atoms with van der Waals surface area (Å²) in [5.41, 5.74) is 1.57. The van der Waals surface area contributed by atoms with Crippen LogP contribution in [-0.2, 0) is 11.2 Å². The van der Waals surface area contributed by atoms with Crippen molar-refractivity contribution < 1.29 is 4.79 Å². The number of benzene rings is 1. The Morgan fingerprint density at radius 1 is 1.45 bits per heavy atom. The van der Waals surface area contributed by atoms with Gasteiger partial charge in [0.2, 0.25) is 5.91 Å². The van der Waals surface area contributed by atoms with Crippen LogP contribution in [0.1, 0.15) is 44.7 Å². The van der Waals surface area contributed by atoms with Crippen LogP contribution >= 0.6 is 22.6 Å². The fourth-order valence-electron chi connectivity index (χ4n) is 1.72. The van der Waals surface area contributed by atoms with Gasteiger partial charge in [0.25, 0.3) is 0 Å². The van der Waals surface area contributed by atoms with Crippen molar-refractivity contribution >= 4 is 28.5 Å². The molecule has 0 atom stereocenters. The van der Waals surface area contributed by atoms with E-state index in [1.54, 1.807) is 0 Å². The molecule has 20 heavy (non-hydrogen) atoms. The third-order valence-corrected chi connectivity index (χ3v) is 4.63. The number of amides is 1. The molecule has 3 nitrogen and oxygen atoms in total. The van der Waals surface area contributed by atoms with Crippen molar-refractivity contribution in [2.24, 2.45) is 5.41 Å². The van der Waals surface area contributed by atoms with Crippen LogP contribution in [-0.4, -0.2) is 12.5 Å². The molecule has 0 fully saturated rings. The van der Waals surface area contributed by atoms with Crippen LogP contribution in [0, 0.1) is 20.3 Å². The maximum atomic E-state index is 11.9. The van der Waals surface area contributed by atoms with Gasteiger partial charge in [-0.3, -0.25) is 4.79 Å². The summed E-state index contributed by atoms with van der Waals surface area (Å²) >= 11 is 2.28. The summed E-state index contributed by atoms with van der Waals surface area (Å²) in [7, 11) is 0. The molecule has 1 aromatic carbocycles. The Labute approximate surface area is 134 Å². The Balaban J connectivity index is 2.46. The number of hydrogen-bond donors (Lipinski definition) is 1. The van der Waals surface area contributed by atoms with Crippen molar-refractivity contribution in [2.45, 2.75) is 40.0 Å². The maximum Gasteiger partial charge on any atom is 0.225 e. The topological polar surface area (TPSA) is 52.9 Å². The number of aryl methyl sites for hydroxylation is 1. The number of carbonyl (C=O) groups is 1. The van der Waals surface area contributed by atoms with Crippen molar-refractivity contribution in [2.75, 3.05) is 6.54 Å². The lowest BCUT2D eigenvalue weighted by atomic mass is 9.89. The van der Waals surface area contributed by atoms with Gasteiger partial charge in [-0.25, -0.2) is 0 Å². The van der Waals surface area contributed by atoms with Gasteiger partial charge < -0.3 is 5.32 Å². The summed E-state index contributed by atoms with van der Waals surface area (Å²) in [5, 5.41) is 11.9. The largest absolute Gasteiger partial charge is 0.356 e. The maximum absolute atomic E-state index is 11.9. The second-order valence-electron chi connectivity index (χ2n) is 5.51. The molecule has 0 aliphatic heterocycles. The molecule has 0 aliphatic rings. The predicted octanol–water partition coefficient (Wildman–Crippen LogP) is 3.65.